The maximum atomic E-state index is 5.62. The largest absolute Gasteiger partial charge is 0.375 e. The summed E-state index contributed by atoms with van der Waals surface area (Å²) in [6, 6.07) is 3.91. The van der Waals surface area contributed by atoms with E-state index in [9.17, 15) is 0 Å². The molecule has 1 fully saturated rings. The molecule has 0 spiro atoms. The van der Waals surface area contributed by atoms with Gasteiger partial charge in [0.2, 0.25) is 0 Å². The zero-order valence-electron chi connectivity index (χ0n) is 13.6. The molecule has 1 aliphatic rings. The summed E-state index contributed by atoms with van der Waals surface area (Å²) in [4.78, 5) is 4.40. The fourth-order valence-corrected chi connectivity index (χ4v) is 2.73. The van der Waals surface area contributed by atoms with E-state index in [0.717, 1.165) is 23.3 Å². The van der Waals surface area contributed by atoms with E-state index in [0.29, 0.717) is 18.2 Å². The molecule has 3 aromatic heterocycles. The number of hydrogen-bond acceptors (Lipinski definition) is 6. The second-order valence-corrected chi connectivity index (χ2v) is 5.73. The number of ether oxygens (including phenoxy) is 2. The van der Waals surface area contributed by atoms with Crippen LogP contribution in [0.25, 0.3) is 5.52 Å². The third-order valence-electron chi connectivity index (χ3n) is 4.17. The molecule has 0 bridgehead atoms. The quantitative estimate of drug-likeness (QED) is 0.748. The van der Waals surface area contributed by atoms with Crippen LogP contribution in [0.2, 0.25) is 0 Å². The monoisotopic (exact) mass is 327 g/mol. The standard InChI is InChI=1S/C16H19N6O2/c1-10(23-2)11-8-13-16(17-5-6-22(13)21-11)18-15-9-12(19-20-15)14-4-3-7-24-14/h3,5-6,8-10,14H,4,7H2,1-2H3,(H2,17,18,19,20)/t10-,14-/m1/s1. The molecule has 4 rings (SSSR count). The molecule has 4 heterocycles. The number of aromatic nitrogens is 5. The Bertz CT molecular complexity index is 836. The lowest BCUT2D eigenvalue weighted by molar-refractivity contribution is 0.111. The van der Waals surface area contributed by atoms with Gasteiger partial charge in [-0.1, -0.05) is 0 Å². The third-order valence-corrected chi connectivity index (χ3v) is 4.17. The van der Waals surface area contributed by atoms with E-state index in [4.69, 9.17) is 9.47 Å². The first kappa shape index (κ1) is 15.1. The number of nitrogens with zero attached hydrogens (tertiary/aromatic N) is 4. The summed E-state index contributed by atoms with van der Waals surface area (Å²) in [6.07, 6.45) is 6.50. The summed E-state index contributed by atoms with van der Waals surface area (Å²) in [5, 5.41) is 15.1. The van der Waals surface area contributed by atoms with Crippen molar-refractivity contribution >= 4 is 17.2 Å². The number of methoxy groups -OCH3 is 1. The van der Waals surface area contributed by atoms with Crippen LogP contribution >= 0.6 is 0 Å². The Balaban J connectivity index is 1.61. The minimum Gasteiger partial charge on any atom is -0.375 e. The highest BCUT2D eigenvalue weighted by Crippen LogP contribution is 2.29. The Labute approximate surface area is 139 Å². The molecule has 24 heavy (non-hydrogen) atoms. The molecule has 0 aromatic carbocycles. The third kappa shape index (κ3) is 2.74. The fraction of sp³-hybridized carbons (Fsp3) is 0.375. The lowest BCUT2D eigenvalue weighted by atomic mass is 10.2. The number of hydrogen-bond donors (Lipinski definition) is 2. The molecule has 0 amide bonds. The van der Waals surface area contributed by atoms with Crippen LogP contribution in [-0.4, -0.2) is 38.5 Å². The van der Waals surface area contributed by atoms with Crippen molar-refractivity contribution in [2.45, 2.75) is 25.6 Å². The highest BCUT2D eigenvalue weighted by atomic mass is 16.5. The molecule has 0 saturated carbocycles. The molecule has 8 heteroatoms. The molecule has 1 aliphatic heterocycles. The molecule has 3 aromatic rings. The summed E-state index contributed by atoms with van der Waals surface area (Å²) in [5.41, 5.74) is 2.68. The first-order valence-electron chi connectivity index (χ1n) is 7.87. The number of fused-ring (bicyclic) bond motifs is 1. The van der Waals surface area contributed by atoms with Gasteiger partial charge in [0.25, 0.3) is 0 Å². The van der Waals surface area contributed by atoms with E-state index >= 15 is 0 Å². The fourth-order valence-electron chi connectivity index (χ4n) is 2.73. The van der Waals surface area contributed by atoms with E-state index < -0.39 is 0 Å². The average Bonchev–Trinajstić information content (AvgIpc) is 3.33. The van der Waals surface area contributed by atoms with E-state index in [-0.39, 0.29) is 12.2 Å². The van der Waals surface area contributed by atoms with Gasteiger partial charge in [0, 0.05) is 25.6 Å². The number of aromatic amines is 1. The normalized spacial score (nSPS) is 19.0. The Morgan fingerprint density at radius 3 is 3.17 bits per heavy atom. The lowest BCUT2D eigenvalue weighted by Gasteiger charge is -2.04. The van der Waals surface area contributed by atoms with E-state index in [1.165, 1.54) is 0 Å². The van der Waals surface area contributed by atoms with E-state index in [1.54, 1.807) is 17.8 Å². The first-order valence-corrected chi connectivity index (χ1v) is 7.87. The Morgan fingerprint density at radius 2 is 2.38 bits per heavy atom. The van der Waals surface area contributed by atoms with E-state index in [2.05, 4.69) is 32.0 Å². The molecule has 125 valence electrons. The smallest absolute Gasteiger partial charge is 0.157 e. The second kappa shape index (κ2) is 6.21. The molecule has 2 N–H and O–H groups in total. The predicted octanol–water partition coefficient (Wildman–Crippen LogP) is 2.57. The molecular weight excluding hydrogens is 308 g/mol. The number of anilines is 2. The van der Waals surface area contributed by atoms with Gasteiger partial charge < -0.3 is 14.8 Å². The van der Waals surface area contributed by atoms with Crippen LogP contribution in [0.5, 0.6) is 0 Å². The Morgan fingerprint density at radius 1 is 1.46 bits per heavy atom. The molecule has 0 aliphatic carbocycles. The molecule has 1 radical (unpaired) electrons. The number of H-pyrrole nitrogens is 1. The minimum atomic E-state index is -0.0782. The van der Waals surface area contributed by atoms with E-state index in [1.807, 2.05) is 25.3 Å². The number of rotatable bonds is 5. The topological polar surface area (TPSA) is 89.4 Å². The summed E-state index contributed by atoms with van der Waals surface area (Å²) in [6.45, 7) is 2.64. The van der Waals surface area contributed by atoms with Crippen molar-refractivity contribution < 1.29 is 9.47 Å². The van der Waals surface area contributed by atoms with Crippen LogP contribution in [0.3, 0.4) is 0 Å². The van der Waals surface area contributed by atoms with Gasteiger partial charge in [-0.15, -0.1) is 0 Å². The zero-order chi connectivity index (χ0) is 16.5. The maximum Gasteiger partial charge on any atom is 0.157 e. The van der Waals surface area contributed by atoms with Gasteiger partial charge in [0.15, 0.2) is 11.6 Å². The summed E-state index contributed by atoms with van der Waals surface area (Å²) in [5.74, 6) is 1.39. The minimum absolute atomic E-state index is 0.0564. The van der Waals surface area contributed by atoms with Crippen molar-refractivity contribution in [3.05, 3.63) is 42.3 Å². The van der Waals surface area contributed by atoms with Gasteiger partial charge in [-0.3, -0.25) is 5.10 Å². The van der Waals surface area contributed by atoms with Crippen LogP contribution in [0.1, 0.15) is 36.9 Å². The van der Waals surface area contributed by atoms with Crippen LogP contribution in [0.15, 0.2) is 24.5 Å². The van der Waals surface area contributed by atoms with Crippen LogP contribution < -0.4 is 5.32 Å². The Kier molecular flexibility index (Phi) is 3.91. The lowest BCUT2D eigenvalue weighted by Crippen LogP contribution is -1.98. The van der Waals surface area contributed by atoms with Gasteiger partial charge in [0.1, 0.15) is 5.52 Å². The molecule has 0 unspecified atom stereocenters. The predicted molar refractivity (Wildman–Crippen MR) is 87.9 cm³/mol. The SMILES string of the molecule is CO[C@H](C)c1cc2c(Nc3cc([C@H]4C[CH]CO4)[nH]n3)nccn2n1. The number of nitrogens with one attached hydrogen (secondary N) is 2. The molecule has 2 atom stereocenters. The highest BCUT2D eigenvalue weighted by molar-refractivity contribution is 5.72. The Hall–Kier alpha value is -2.45. The molecule has 1 saturated heterocycles. The van der Waals surface area contributed by atoms with Gasteiger partial charge in [-0.25, -0.2) is 9.50 Å². The average molecular weight is 327 g/mol. The van der Waals surface area contributed by atoms with Crippen LogP contribution in [-0.2, 0) is 9.47 Å². The molecule has 8 nitrogen and oxygen atoms in total. The highest BCUT2D eigenvalue weighted by Gasteiger charge is 2.20. The second-order valence-electron chi connectivity index (χ2n) is 5.73. The maximum absolute atomic E-state index is 5.62. The summed E-state index contributed by atoms with van der Waals surface area (Å²) < 4.78 is 12.7. The summed E-state index contributed by atoms with van der Waals surface area (Å²) >= 11 is 0. The zero-order valence-corrected chi connectivity index (χ0v) is 13.6. The van der Waals surface area contributed by atoms with Crippen molar-refractivity contribution in [1.29, 1.82) is 0 Å². The van der Waals surface area contributed by atoms with Crippen LogP contribution in [0.4, 0.5) is 11.6 Å². The van der Waals surface area contributed by atoms with Crippen molar-refractivity contribution in [2.75, 3.05) is 19.0 Å². The van der Waals surface area contributed by atoms with Crippen molar-refractivity contribution in [3.8, 4) is 0 Å². The van der Waals surface area contributed by atoms with Crippen molar-refractivity contribution in [2.24, 2.45) is 0 Å². The van der Waals surface area contributed by atoms with Gasteiger partial charge >= 0.3 is 0 Å². The van der Waals surface area contributed by atoms with Gasteiger partial charge in [-0.05, 0) is 25.8 Å². The summed E-state index contributed by atoms with van der Waals surface area (Å²) in [7, 11) is 1.67. The van der Waals surface area contributed by atoms with Gasteiger partial charge in [0.05, 0.1) is 30.2 Å². The van der Waals surface area contributed by atoms with Crippen molar-refractivity contribution in [1.82, 2.24) is 24.8 Å². The van der Waals surface area contributed by atoms with Crippen LogP contribution in [0, 0.1) is 6.42 Å². The van der Waals surface area contributed by atoms with Crippen molar-refractivity contribution in [3.63, 3.8) is 0 Å². The molecular formula is C16H19N6O2. The van der Waals surface area contributed by atoms with Gasteiger partial charge in [-0.2, -0.15) is 10.2 Å². The first-order chi connectivity index (χ1) is 11.7.